The zero-order chi connectivity index (χ0) is 10.7. The largest absolute Gasteiger partial charge is 0.476 e. The van der Waals surface area contributed by atoms with E-state index in [0.717, 1.165) is 0 Å². The van der Waals surface area contributed by atoms with E-state index in [1.807, 2.05) is 0 Å². The van der Waals surface area contributed by atoms with Gasteiger partial charge in [0.05, 0.1) is 12.0 Å². The van der Waals surface area contributed by atoms with Crippen molar-refractivity contribution in [3.8, 4) is 5.88 Å². The zero-order valence-corrected chi connectivity index (χ0v) is 8.37. The van der Waals surface area contributed by atoms with Crippen LogP contribution in [0, 0.1) is 10.1 Å². The van der Waals surface area contributed by atoms with Crippen molar-refractivity contribution < 1.29 is 9.66 Å². The summed E-state index contributed by atoms with van der Waals surface area (Å²) >= 11 is 1.23. The van der Waals surface area contributed by atoms with Gasteiger partial charge in [-0.25, -0.2) is 0 Å². The average Bonchev–Trinajstić information content (AvgIpc) is 2.15. The molecule has 7 nitrogen and oxygen atoms in total. The predicted molar refractivity (Wildman–Crippen MR) is 51.4 cm³/mol. The van der Waals surface area contributed by atoms with Crippen LogP contribution in [-0.2, 0) is 0 Å². The lowest BCUT2D eigenvalue weighted by atomic mass is 10.5. The zero-order valence-electron chi connectivity index (χ0n) is 7.55. The van der Waals surface area contributed by atoms with Gasteiger partial charge in [0.15, 0.2) is 5.16 Å². The van der Waals surface area contributed by atoms with Gasteiger partial charge in [-0.05, 0) is 6.26 Å². The molecular weight excluding hydrogens is 208 g/mol. The molecule has 0 unspecified atom stereocenters. The van der Waals surface area contributed by atoms with E-state index >= 15 is 0 Å². The Kier molecular flexibility index (Phi) is 3.07. The highest BCUT2D eigenvalue weighted by atomic mass is 32.2. The van der Waals surface area contributed by atoms with Gasteiger partial charge >= 0.3 is 11.6 Å². The minimum atomic E-state index is -0.668. The van der Waals surface area contributed by atoms with Crippen LogP contribution in [0.25, 0.3) is 0 Å². The number of rotatable bonds is 3. The SMILES string of the molecule is COc1nc(SC)nc(N)c1[N+](=O)[O-]. The molecule has 0 fully saturated rings. The molecule has 0 aromatic carbocycles. The summed E-state index contributed by atoms with van der Waals surface area (Å²) in [4.78, 5) is 17.4. The molecular formula is C6H8N4O3S. The Balaban J connectivity index is 3.34. The standard InChI is InChI=1S/C6H8N4O3S/c1-13-5-3(10(11)12)4(7)8-6(9-5)14-2/h1-2H3,(H2,7,8,9). The molecule has 0 saturated carbocycles. The molecule has 0 bridgehead atoms. The quantitative estimate of drug-likeness (QED) is 0.343. The number of nitro groups is 1. The van der Waals surface area contributed by atoms with E-state index in [2.05, 4.69) is 9.97 Å². The van der Waals surface area contributed by atoms with Gasteiger partial charge in [0, 0.05) is 0 Å². The fourth-order valence-electron chi connectivity index (χ4n) is 0.836. The first-order valence-electron chi connectivity index (χ1n) is 3.50. The van der Waals surface area contributed by atoms with E-state index < -0.39 is 10.6 Å². The summed E-state index contributed by atoms with van der Waals surface area (Å²) < 4.78 is 4.74. The number of aromatic nitrogens is 2. The molecule has 0 spiro atoms. The Labute approximate surface area is 83.8 Å². The average molecular weight is 216 g/mol. The van der Waals surface area contributed by atoms with Crippen LogP contribution in [-0.4, -0.2) is 28.3 Å². The van der Waals surface area contributed by atoms with Crippen molar-refractivity contribution in [2.75, 3.05) is 19.1 Å². The Bertz CT molecular complexity index is 370. The smallest absolute Gasteiger partial charge is 0.372 e. The third-order valence-corrected chi connectivity index (χ3v) is 1.96. The van der Waals surface area contributed by atoms with Crippen LogP contribution in [0.2, 0.25) is 0 Å². The molecule has 1 heterocycles. The number of hydrogen-bond acceptors (Lipinski definition) is 7. The molecule has 0 saturated heterocycles. The molecule has 76 valence electrons. The summed E-state index contributed by atoms with van der Waals surface area (Å²) in [6.07, 6.45) is 1.74. The van der Waals surface area contributed by atoms with Gasteiger partial charge < -0.3 is 10.5 Å². The first-order valence-corrected chi connectivity index (χ1v) is 4.72. The number of nitrogen functional groups attached to an aromatic ring is 1. The van der Waals surface area contributed by atoms with Gasteiger partial charge in [-0.1, -0.05) is 11.8 Å². The minimum absolute atomic E-state index is 0.119. The van der Waals surface area contributed by atoms with Gasteiger partial charge in [-0.2, -0.15) is 9.97 Å². The summed E-state index contributed by atoms with van der Waals surface area (Å²) in [5.74, 6) is -0.307. The summed E-state index contributed by atoms with van der Waals surface area (Å²) in [5.41, 5.74) is 4.99. The molecule has 1 rings (SSSR count). The first-order chi connectivity index (χ1) is 6.60. The second-order valence-corrected chi connectivity index (χ2v) is 2.98. The Morgan fingerprint density at radius 1 is 1.57 bits per heavy atom. The number of hydrogen-bond donors (Lipinski definition) is 1. The maximum Gasteiger partial charge on any atom is 0.372 e. The number of anilines is 1. The third-order valence-electron chi connectivity index (χ3n) is 1.42. The number of methoxy groups -OCH3 is 1. The Hall–Kier alpha value is -1.57. The van der Waals surface area contributed by atoms with Crippen molar-refractivity contribution in [2.24, 2.45) is 0 Å². The summed E-state index contributed by atoms with van der Waals surface area (Å²) in [7, 11) is 1.29. The maximum atomic E-state index is 10.6. The van der Waals surface area contributed by atoms with Crippen LogP contribution in [0.15, 0.2) is 5.16 Å². The molecule has 0 amide bonds. The van der Waals surface area contributed by atoms with E-state index in [0.29, 0.717) is 5.16 Å². The van der Waals surface area contributed by atoms with Crippen molar-refractivity contribution >= 4 is 23.3 Å². The fraction of sp³-hybridized carbons (Fsp3) is 0.333. The van der Waals surface area contributed by atoms with Crippen molar-refractivity contribution in [1.29, 1.82) is 0 Å². The van der Waals surface area contributed by atoms with Gasteiger partial charge in [0.2, 0.25) is 5.82 Å². The van der Waals surface area contributed by atoms with E-state index in [-0.39, 0.29) is 11.7 Å². The van der Waals surface area contributed by atoms with E-state index in [4.69, 9.17) is 10.5 Å². The lowest BCUT2D eigenvalue weighted by molar-refractivity contribution is -0.385. The van der Waals surface area contributed by atoms with E-state index in [1.165, 1.54) is 18.9 Å². The van der Waals surface area contributed by atoms with Crippen molar-refractivity contribution in [3.05, 3.63) is 10.1 Å². The molecule has 0 aliphatic heterocycles. The second kappa shape index (κ2) is 4.09. The normalized spacial score (nSPS) is 9.86. The highest BCUT2D eigenvalue weighted by Gasteiger charge is 2.23. The maximum absolute atomic E-state index is 10.6. The molecule has 0 radical (unpaired) electrons. The van der Waals surface area contributed by atoms with Gasteiger partial charge in [0.1, 0.15) is 0 Å². The van der Waals surface area contributed by atoms with E-state index in [9.17, 15) is 10.1 Å². The number of nitrogens with zero attached hydrogens (tertiary/aromatic N) is 3. The molecule has 14 heavy (non-hydrogen) atoms. The van der Waals surface area contributed by atoms with Crippen LogP contribution < -0.4 is 10.5 Å². The number of thioether (sulfide) groups is 1. The molecule has 2 N–H and O–H groups in total. The second-order valence-electron chi connectivity index (χ2n) is 2.21. The lowest BCUT2D eigenvalue weighted by Gasteiger charge is -2.03. The number of ether oxygens (including phenoxy) is 1. The summed E-state index contributed by atoms with van der Waals surface area (Å²) in [5, 5.41) is 10.9. The fourth-order valence-corrected chi connectivity index (χ4v) is 1.20. The first kappa shape index (κ1) is 10.5. The van der Waals surface area contributed by atoms with Gasteiger partial charge in [-0.3, -0.25) is 10.1 Å². The molecule has 1 aromatic heterocycles. The van der Waals surface area contributed by atoms with Gasteiger partial charge in [-0.15, -0.1) is 0 Å². The predicted octanol–water partition coefficient (Wildman–Crippen LogP) is 0.697. The molecule has 0 atom stereocenters. The van der Waals surface area contributed by atoms with Crippen molar-refractivity contribution in [2.45, 2.75) is 5.16 Å². The van der Waals surface area contributed by atoms with Crippen LogP contribution in [0.1, 0.15) is 0 Å². The van der Waals surface area contributed by atoms with Gasteiger partial charge in [0.25, 0.3) is 0 Å². The Morgan fingerprint density at radius 2 is 2.21 bits per heavy atom. The minimum Gasteiger partial charge on any atom is -0.476 e. The van der Waals surface area contributed by atoms with Crippen molar-refractivity contribution in [3.63, 3.8) is 0 Å². The molecule has 0 aliphatic carbocycles. The highest BCUT2D eigenvalue weighted by molar-refractivity contribution is 7.98. The van der Waals surface area contributed by atoms with Crippen LogP contribution in [0.3, 0.4) is 0 Å². The van der Waals surface area contributed by atoms with Crippen LogP contribution >= 0.6 is 11.8 Å². The van der Waals surface area contributed by atoms with Crippen LogP contribution in [0.5, 0.6) is 5.88 Å². The Morgan fingerprint density at radius 3 is 2.64 bits per heavy atom. The summed E-state index contributed by atoms with van der Waals surface area (Å²) in [6, 6.07) is 0. The third kappa shape index (κ3) is 1.84. The monoisotopic (exact) mass is 216 g/mol. The van der Waals surface area contributed by atoms with Crippen molar-refractivity contribution in [1.82, 2.24) is 9.97 Å². The highest BCUT2D eigenvalue weighted by Crippen LogP contribution is 2.30. The molecule has 0 aliphatic rings. The number of nitrogens with two attached hydrogens (primary N) is 1. The molecule has 8 heteroatoms. The lowest BCUT2D eigenvalue weighted by Crippen LogP contribution is -2.04. The molecule has 1 aromatic rings. The van der Waals surface area contributed by atoms with E-state index in [1.54, 1.807) is 6.26 Å². The summed E-state index contributed by atoms with van der Waals surface area (Å²) in [6.45, 7) is 0. The topological polar surface area (TPSA) is 104 Å². The van der Waals surface area contributed by atoms with Crippen LogP contribution in [0.4, 0.5) is 11.5 Å².